The van der Waals surface area contributed by atoms with Crippen LogP contribution in [0.5, 0.6) is 5.75 Å². The second-order valence-corrected chi connectivity index (χ2v) is 7.11. The Bertz CT molecular complexity index is 1080. The second kappa shape index (κ2) is 8.19. The molecule has 1 amide bonds. The predicted molar refractivity (Wildman–Crippen MR) is 113 cm³/mol. The molecule has 4 rings (SSSR count). The van der Waals surface area contributed by atoms with Crippen LogP contribution in [0, 0.1) is 17.2 Å². The number of hydrogen-bond acceptors (Lipinski definition) is 5. The van der Waals surface area contributed by atoms with Crippen LogP contribution in [0.15, 0.2) is 54.7 Å². The van der Waals surface area contributed by atoms with Gasteiger partial charge in [-0.2, -0.15) is 5.26 Å². The Morgan fingerprint density at radius 1 is 1.21 bits per heavy atom. The van der Waals surface area contributed by atoms with Gasteiger partial charge in [-0.3, -0.25) is 9.78 Å². The molecule has 1 N–H and O–H groups in total. The number of benzene rings is 2. The van der Waals surface area contributed by atoms with Crippen molar-refractivity contribution in [3.63, 3.8) is 0 Å². The number of nitrogens with one attached hydrogen (secondary N) is 1. The molecule has 0 spiro atoms. The van der Waals surface area contributed by atoms with Gasteiger partial charge in [0.15, 0.2) is 0 Å². The highest BCUT2D eigenvalue weighted by atomic mass is 16.5. The third-order valence-electron chi connectivity index (χ3n) is 5.35. The smallest absolute Gasteiger partial charge is 0.257 e. The topological polar surface area (TPSA) is 78.2 Å². The number of rotatable bonds is 4. The lowest BCUT2D eigenvalue weighted by Crippen LogP contribution is -2.34. The summed E-state index contributed by atoms with van der Waals surface area (Å²) in [5.41, 5.74) is 2.84. The SMILES string of the molecule is COc1ccc(C(=O)Nc2cccc3cccnc23)c(N2CCC(C#N)CC2)c1. The molecule has 2 heterocycles. The molecule has 1 aliphatic heterocycles. The molecule has 0 aliphatic carbocycles. The van der Waals surface area contributed by atoms with Crippen molar-refractivity contribution in [2.75, 3.05) is 30.4 Å². The van der Waals surface area contributed by atoms with E-state index in [4.69, 9.17) is 10.00 Å². The fourth-order valence-corrected chi connectivity index (χ4v) is 3.74. The first-order valence-electron chi connectivity index (χ1n) is 9.67. The van der Waals surface area contributed by atoms with Crippen molar-refractivity contribution in [2.45, 2.75) is 12.8 Å². The lowest BCUT2D eigenvalue weighted by atomic mass is 9.97. The first-order valence-corrected chi connectivity index (χ1v) is 9.67. The van der Waals surface area contributed by atoms with Crippen molar-refractivity contribution >= 4 is 28.2 Å². The highest BCUT2D eigenvalue weighted by Crippen LogP contribution is 2.31. The summed E-state index contributed by atoms with van der Waals surface area (Å²) in [6.07, 6.45) is 3.31. The van der Waals surface area contributed by atoms with Crippen molar-refractivity contribution in [3.8, 4) is 11.8 Å². The van der Waals surface area contributed by atoms with Gasteiger partial charge in [0, 0.05) is 36.7 Å². The van der Waals surface area contributed by atoms with E-state index in [0.29, 0.717) is 17.0 Å². The summed E-state index contributed by atoms with van der Waals surface area (Å²) in [5.74, 6) is 0.588. The zero-order valence-electron chi connectivity index (χ0n) is 16.3. The number of nitriles is 1. The Labute approximate surface area is 169 Å². The zero-order chi connectivity index (χ0) is 20.2. The molecule has 6 heteroatoms. The van der Waals surface area contributed by atoms with Crippen molar-refractivity contribution in [3.05, 3.63) is 60.3 Å². The third-order valence-corrected chi connectivity index (χ3v) is 5.35. The molecule has 1 saturated heterocycles. The number of ether oxygens (including phenoxy) is 1. The third kappa shape index (κ3) is 3.85. The van der Waals surface area contributed by atoms with Gasteiger partial charge in [-0.1, -0.05) is 18.2 Å². The maximum Gasteiger partial charge on any atom is 0.257 e. The van der Waals surface area contributed by atoms with E-state index in [-0.39, 0.29) is 11.8 Å². The molecular weight excluding hydrogens is 364 g/mol. The van der Waals surface area contributed by atoms with E-state index < -0.39 is 0 Å². The largest absolute Gasteiger partial charge is 0.497 e. The molecule has 0 radical (unpaired) electrons. The highest BCUT2D eigenvalue weighted by Gasteiger charge is 2.23. The summed E-state index contributed by atoms with van der Waals surface area (Å²) in [5, 5.41) is 13.2. The van der Waals surface area contributed by atoms with Crippen LogP contribution in [0.2, 0.25) is 0 Å². The fourth-order valence-electron chi connectivity index (χ4n) is 3.74. The molecule has 29 heavy (non-hydrogen) atoms. The number of fused-ring (bicyclic) bond motifs is 1. The molecule has 0 bridgehead atoms. The van der Waals surface area contributed by atoms with E-state index in [2.05, 4.69) is 21.3 Å². The number of methoxy groups -OCH3 is 1. The molecule has 0 atom stereocenters. The minimum atomic E-state index is -0.191. The maximum atomic E-state index is 13.2. The average molecular weight is 386 g/mol. The maximum absolute atomic E-state index is 13.2. The van der Waals surface area contributed by atoms with Crippen LogP contribution < -0.4 is 15.0 Å². The molecule has 2 aromatic carbocycles. The Hall–Kier alpha value is -3.59. The van der Waals surface area contributed by atoms with Gasteiger partial charge in [0.05, 0.1) is 35.6 Å². The van der Waals surface area contributed by atoms with Gasteiger partial charge in [0.1, 0.15) is 5.75 Å². The van der Waals surface area contributed by atoms with E-state index in [1.54, 1.807) is 25.4 Å². The van der Waals surface area contributed by atoms with E-state index in [9.17, 15) is 4.79 Å². The van der Waals surface area contributed by atoms with Gasteiger partial charge in [0.2, 0.25) is 0 Å². The Morgan fingerprint density at radius 2 is 2.00 bits per heavy atom. The lowest BCUT2D eigenvalue weighted by Gasteiger charge is -2.32. The molecule has 3 aromatic rings. The van der Waals surface area contributed by atoms with Crippen molar-refractivity contribution < 1.29 is 9.53 Å². The summed E-state index contributed by atoms with van der Waals surface area (Å²) in [4.78, 5) is 19.8. The number of nitrogens with zero attached hydrogens (tertiary/aromatic N) is 3. The lowest BCUT2D eigenvalue weighted by molar-refractivity contribution is 0.102. The summed E-state index contributed by atoms with van der Waals surface area (Å²) < 4.78 is 5.38. The fraction of sp³-hybridized carbons (Fsp3) is 0.261. The number of hydrogen-bond donors (Lipinski definition) is 1. The molecule has 0 saturated carbocycles. The Kier molecular flexibility index (Phi) is 5.30. The van der Waals surface area contributed by atoms with Gasteiger partial charge < -0.3 is 15.0 Å². The monoisotopic (exact) mass is 386 g/mol. The number of pyridine rings is 1. The van der Waals surface area contributed by atoms with E-state index in [1.165, 1.54) is 0 Å². The molecule has 1 aliphatic rings. The number of piperidine rings is 1. The minimum absolute atomic E-state index is 0.0795. The molecule has 6 nitrogen and oxygen atoms in total. The van der Waals surface area contributed by atoms with Crippen LogP contribution >= 0.6 is 0 Å². The summed E-state index contributed by atoms with van der Waals surface area (Å²) in [7, 11) is 1.61. The van der Waals surface area contributed by atoms with Crippen molar-refractivity contribution in [1.82, 2.24) is 4.98 Å². The van der Waals surface area contributed by atoms with E-state index in [0.717, 1.165) is 42.5 Å². The van der Waals surface area contributed by atoms with Gasteiger partial charge in [0.25, 0.3) is 5.91 Å². The second-order valence-electron chi connectivity index (χ2n) is 7.11. The normalized spacial score (nSPS) is 14.4. The summed E-state index contributed by atoms with van der Waals surface area (Å²) in [6, 6.07) is 17.4. The number of amides is 1. The molecule has 1 fully saturated rings. The minimum Gasteiger partial charge on any atom is -0.497 e. The Morgan fingerprint density at radius 3 is 2.76 bits per heavy atom. The van der Waals surface area contributed by atoms with Crippen molar-refractivity contribution in [1.29, 1.82) is 5.26 Å². The van der Waals surface area contributed by atoms with Crippen LogP contribution in [0.25, 0.3) is 10.9 Å². The average Bonchev–Trinajstić information content (AvgIpc) is 2.79. The standard InChI is InChI=1S/C23H22N4O2/c1-29-18-7-8-19(21(14-18)27-12-9-16(15-24)10-13-27)23(28)26-20-6-2-4-17-5-3-11-25-22(17)20/h2-8,11,14,16H,9-10,12-13H2,1H3,(H,26,28). The van der Waals surface area contributed by atoms with Crippen molar-refractivity contribution in [2.24, 2.45) is 5.92 Å². The van der Waals surface area contributed by atoms with E-state index >= 15 is 0 Å². The molecular formula is C23H22N4O2. The molecule has 0 unspecified atom stereocenters. The van der Waals surface area contributed by atoms with Crippen LogP contribution in [-0.4, -0.2) is 31.1 Å². The van der Waals surface area contributed by atoms with Crippen LogP contribution in [0.1, 0.15) is 23.2 Å². The number of para-hydroxylation sites is 1. The predicted octanol–water partition coefficient (Wildman–Crippen LogP) is 4.24. The first kappa shape index (κ1) is 18.8. The van der Waals surface area contributed by atoms with Gasteiger partial charge >= 0.3 is 0 Å². The van der Waals surface area contributed by atoms with E-state index in [1.807, 2.05) is 36.4 Å². The Balaban J connectivity index is 1.65. The number of anilines is 2. The number of aromatic nitrogens is 1. The summed E-state index contributed by atoms with van der Waals surface area (Å²) in [6.45, 7) is 1.48. The molecule has 1 aromatic heterocycles. The number of carbonyl (C=O) groups is 1. The van der Waals surface area contributed by atoms with Crippen LogP contribution in [-0.2, 0) is 0 Å². The quantitative estimate of drug-likeness (QED) is 0.726. The van der Waals surface area contributed by atoms with Crippen LogP contribution in [0.3, 0.4) is 0 Å². The number of carbonyl (C=O) groups excluding carboxylic acids is 1. The molecule has 146 valence electrons. The van der Waals surface area contributed by atoms with Gasteiger partial charge in [-0.25, -0.2) is 0 Å². The van der Waals surface area contributed by atoms with Crippen LogP contribution in [0.4, 0.5) is 11.4 Å². The highest BCUT2D eigenvalue weighted by molar-refractivity contribution is 6.11. The van der Waals surface area contributed by atoms with Gasteiger partial charge in [-0.05, 0) is 37.1 Å². The zero-order valence-corrected chi connectivity index (χ0v) is 16.3. The summed E-state index contributed by atoms with van der Waals surface area (Å²) >= 11 is 0. The first-order chi connectivity index (χ1) is 14.2. The van der Waals surface area contributed by atoms with Gasteiger partial charge in [-0.15, -0.1) is 0 Å².